The van der Waals surface area contributed by atoms with E-state index in [1.54, 1.807) is 0 Å². The van der Waals surface area contributed by atoms with E-state index in [4.69, 9.17) is 4.74 Å². The summed E-state index contributed by atoms with van der Waals surface area (Å²) in [6.45, 7) is 8.79. The second kappa shape index (κ2) is 5.17. The van der Waals surface area contributed by atoms with E-state index in [2.05, 4.69) is 0 Å². The molecule has 0 amide bonds. The molecule has 1 aliphatic rings. The van der Waals surface area contributed by atoms with Gasteiger partial charge in [0.25, 0.3) is 0 Å². The van der Waals surface area contributed by atoms with Crippen molar-refractivity contribution in [3.05, 3.63) is 28.8 Å². The van der Waals surface area contributed by atoms with Gasteiger partial charge in [-0.25, -0.2) is 0 Å². The van der Waals surface area contributed by atoms with Crippen LogP contribution in [0.25, 0.3) is 0 Å². The molecule has 1 aromatic carbocycles. The number of phenols is 1. The van der Waals surface area contributed by atoms with E-state index in [-0.39, 0.29) is 0 Å². The van der Waals surface area contributed by atoms with E-state index in [0.29, 0.717) is 11.9 Å². The lowest BCUT2D eigenvalue weighted by atomic mass is 10.0. The average molecular weight is 208 g/mol. The zero-order valence-electron chi connectivity index (χ0n) is 10.0. The van der Waals surface area contributed by atoms with Gasteiger partial charge < -0.3 is 9.84 Å². The summed E-state index contributed by atoms with van der Waals surface area (Å²) in [5, 5.41) is 9.80. The predicted octanol–water partition coefficient (Wildman–Crippen LogP) is 2.98. The Bertz CT molecular complexity index is 328. The van der Waals surface area contributed by atoms with Crippen LogP contribution in [0.1, 0.15) is 30.5 Å². The lowest BCUT2D eigenvalue weighted by molar-refractivity contribution is 0.401. The summed E-state index contributed by atoms with van der Waals surface area (Å²) in [7, 11) is 0. The first-order valence-electron chi connectivity index (χ1n) is 5.58. The Labute approximate surface area is 91.9 Å². The maximum atomic E-state index is 9.80. The Morgan fingerprint density at radius 2 is 1.93 bits per heavy atom. The van der Waals surface area contributed by atoms with Crippen LogP contribution in [0, 0.1) is 13.8 Å². The van der Waals surface area contributed by atoms with Crippen molar-refractivity contribution < 1.29 is 9.84 Å². The van der Waals surface area contributed by atoms with Crippen molar-refractivity contribution in [2.75, 3.05) is 6.61 Å². The molecule has 15 heavy (non-hydrogen) atoms. The minimum atomic E-state index is 0.341. The van der Waals surface area contributed by atoms with Crippen LogP contribution in [-0.2, 0) is 11.2 Å². The van der Waals surface area contributed by atoms with Gasteiger partial charge in [0.2, 0.25) is 0 Å². The molecule has 84 valence electrons. The van der Waals surface area contributed by atoms with Gasteiger partial charge in [0, 0.05) is 6.42 Å². The van der Waals surface area contributed by atoms with Crippen LogP contribution < -0.4 is 0 Å². The number of benzene rings is 1. The Morgan fingerprint density at radius 3 is 2.47 bits per heavy atom. The Morgan fingerprint density at radius 1 is 1.33 bits per heavy atom. The standard InChI is InChI=1S/C11H14O2.C2H6/c1-7-3-4-9(5-10-6-13-10)11(12)8(7)2;1-2/h3-4,10,12H,5-6H2,1-2H3;1-2H3. The van der Waals surface area contributed by atoms with E-state index in [9.17, 15) is 5.11 Å². The summed E-state index contributed by atoms with van der Waals surface area (Å²) < 4.78 is 5.13. The lowest BCUT2D eigenvalue weighted by Gasteiger charge is -2.07. The van der Waals surface area contributed by atoms with E-state index in [1.165, 1.54) is 0 Å². The SMILES string of the molecule is CC.Cc1ccc(CC2CO2)c(O)c1C. The molecule has 1 aromatic rings. The second-order valence-electron chi connectivity index (χ2n) is 3.67. The summed E-state index contributed by atoms with van der Waals surface area (Å²) in [5.41, 5.74) is 3.13. The van der Waals surface area contributed by atoms with Gasteiger partial charge in [-0.1, -0.05) is 26.0 Å². The highest BCUT2D eigenvalue weighted by Crippen LogP contribution is 2.28. The molecule has 1 N–H and O–H groups in total. The number of ether oxygens (including phenoxy) is 1. The van der Waals surface area contributed by atoms with E-state index in [0.717, 1.165) is 29.7 Å². The van der Waals surface area contributed by atoms with Crippen LogP contribution in [-0.4, -0.2) is 17.8 Å². The molecule has 1 saturated heterocycles. The highest BCUT2D eigenvalue weighted by Gasteiger charge is 2.24. The molecule has 0 saturated carbocycles. The van der Waals surface area contributed by atoms with Gasteiger partial charge in [-0.2, -0.15) is 0 Å². The van der Waals surface area contributed by atoms with Gasteiger partial charge in [0.15, 0.2) is 0 Å². The number of aromatic hydroxyl groups is 1. The van der Waals surface area contributed by atoms with Gasteiger partial charge in [-0.05, 0) is 30.5 Å². The summed E-state index contributed by atoms with van der Waals surface area (Å²) in [5.74, 6) is 0.440. The zero-order valence-corrected chi connectivity index (χ0v) is 10.0. The zero-order chi connectivity index (χ0) is 11.4. The molecule has 2 heteroatoms. The van der Waals surface area contributed by atoms with Crippen LogP contribution in [0.2, 0.25) is 0 Å². The normalized spacial score (nSPS) is 18.0. The molecule has 0 aromatic heterocycles. The Hall–Kier alpha value is -1.02. The van der Waals surface area contributed by atoms with Crippen molar-refractivity contribution in [3.8, 4) is 5.75 Å². The maximum Gasteiger partial charge on any atom is 0.122 e. The van der Waals surface area contributed by atoms with Gasteiger partial charge in [0.1, 0.15) is 5.75 Å². The molecule has 1 aliphatic heterocycles. The fourth-order valence-corrected chi connectivity index (χ4v) is 1.45. The van der Waals surface area contributed by atoms with Crippen molar-refractivity contribution in [1.29, 1.82) is 0 Å². The van der Waals surface area contributed by atoms with E-state index >= 15 is 0 Å². The monoisotopic (exact) mass is 208 g/mol. The number of hydrogen-bond acceptors (Lipinski definition) is 2. The molecule has 0 spiro atoms. The predicted molar refractivity (Wildman–Crippen MR) is 62.4 cm³/mol. The lowest BCUT2D eigenvalue weighted by Crippen LogP contribution is -1.95. The molecule has 1 fully saturated rings. The number of epoxide rings is 1. The minimum absolute atomic E-state index is 0.341. The second-order valence-corrected chi connectivity index (χ2v) is 3.67. The molecular formula is C13H20O2. The number of aryl methyl sites for hydroxylation is 1. The number of rotatable bonds is 2. The fraction of sp³-hybridized carbons (Fsp3) is 0.538. The van der Waals surface area contributed by atoms with Crippen molar-refractivity contribution in [3.63, 3.8) is 0 Å². The third kappa shape index (κ3) is 2.96. The van der Waals surface area contributed by atoms with Gasteiger partial charge in [-0.15, -0.1) is 0 Å². The number of phenolic OH excluding ortho intramolecular Hbond substituents is 1. The van der Waals surface area contributed by atoms with Gasteiger partial charge >= 0.3 is 0 Å². The largest absolute Gasteiger partial charge is 0.507 e. The molecule has 0 radical (unpaired) electrons. The third-order valence-corrected chi connectivity index (χ3v) is 2.64. The summed E-state index contributed by atoms with van der Waals surface area (Å²) in [6.07, 6.45) is 1.18. The maximum absolute atomic E-state index is 9.80. The van der Waals surface area contributed by atoms with Crippen molar-refractivity contribution in [1.82, 2.24) is 0 Å². The molecule has 1 unspecified atom stereocenters. The fourth-order valence-electron chi connectivity index (χ4n) is 1.45. The third-order valence-electron chi connectivity index (χ3n) is 2.64. The average Bonchev–Trinajstić information content (AvgIpc) is 3.06. The topological polar surface area (TPSA) is 32.8 Å². The molecule has 2 rings (SSSR count). The minimum Gasteiger partial charge on any atom is -0.507 e. The van der Waals surface area contributed by atoms with Crippen LogP contribution in [0.15, 0.2) is 12.1 Å². The van der Waals surface area contributed by atoms with Crippen LogP contribution in [0.5, 0.6) is 5.75 Å². The van der Waals surface area contributed by atoms with Crippen molar-refractivity contribution >= 4 is 0 Å². The van der Waals surface area contributed by atoms with E-state index < -0.39 is 0 Å². The molecule has 0 aliphatic carbocycles. The Balaban J connectivity index is 0.000000531. The van der Waals surface area contributed by atoms with Crippen LogP contribution in [0.4, 0.5) is 0 Å². The molecular weight excluding hydrogens is 188 g/mol. The van der Waals surface area contributed by atoms with Gasteiger partial charge in [0.05, 0.1) is 12.7 Å². The van der Waals surface area contributed by atoms with Crippen molar-refractivity contribution in [2.45, 2.75) is 40.2 Å². The molecule has 1 heterocycles. The quantitative estimate of drug-likeness (QED) is 0.758. The Kier molecular flexibility index (Phi) is 4.15. The highest BCUT2D eigenvalue weighted by atomic mass is 16.6. The van der Waals surface area contributed by atoms with Crippen molar-refractivity contribution in [2.24, 2.45) is 0 Å². The first-order chi connectivity index (χ1) is 7.18. The van der Waals surface area contributed by atoms with E-state index in [1.807, 2.05) is 39.8 Å². The molecule has 1 atom stereocenters. The number of hydrogen-bond donors (Lipinski definition) is 1. The van der Waals surface area contributed by atoms with Crippen LogP contribution >= 0.6 is 0 Å². The molecule has 0 bridgehead atoms. The summed E-state index contributed by atoms with van der Waals surface area (Å²) >= 11 is 0. The first-order valence-corrected chi connectivity index (χ1v) is 5.58. The molecule has 2 nitrogen and oxygen atoms in total. The first kappa shape index (κ1) is 12.1. The summed E-state index contributed by atoms with van der Waals surface area (Å²) in [4.78, 5) is 0. The van der Waals surface area contributed by atoms with Crippen LogP contribution in [0.3, 0.4) is 0 Å². The van der Waals surface area contributed by atoms with Gasteiger partial charge in [-0.3, -0.25) is 0 Å². The summed E-state index contributed by atoms with van der Waals surface area (Å²) in [6, 6.07) is 4.03. The smallest absolute Gasteiger partial charge is 0.122 e. The highest BCUT2D eigenvalue weighted by molar-refractivity contribution is 5.44.